The third kappa shape index (κ3) is 2.80. The van der Waals surface area contributed by atoms with Crippen LogP contribution in [0.25, 0.3) is 0 Å². The molecule has 1 aromatic rings. The molecule has 2 aliphatic rings. The molecule has 0 saturated heterocycles. The Morgan fingerprint density at radius 2 is 1.90 bits per heavy atom. The number of nitrogens with one attached hydrogen (secondary N) is 1. The van der Waals surface area contributed by atoms with Crippen LogP contribution in [0.3, 0.4) is 0 Å². The van der Waals surface area contributed by atoms with Gasteiger partial charge in [-0.1, -0.05) is 37.3 Å². The molecule has 0 aromatic heterocycles. The van der Waals surface area contributed by atoms with E-state index in [0.717, 1.165) is 22.8 Å². The van der Waals surface area contributed by atoms with E-state index in [4.69, 9.17) is 16.3 Å². The molecule has 2 saturated carbocycles. The molecule has 21 heavy (non-hydrogen) atoms. The molecule has 0 aliphatic heterocycles. The molecule has 2 nitrogen and oxygen atoms in total. The van der Waals surface area contributed by atoms with Crippen molar-refractivity contribution in [3.8, 4) is 5.75 Å². The van der Waals surface area contributed by atoms with Gasteiger partial charge in [-0.15, -0.1) is 0 Å². The van der Waals surface area contributed by atoms with Gasteiger partial charge in [-0.05, 0) is 50.6 Å². The van der Waals surface area contributed by atoms with E-state index in [1.807, 2.05) is 18.2 Å². The summed E-state index contributed by atoms with van der Waals surface area (Å²) >= 11 is 6.05. The van der Waals surface area contributed by atoms with E-state index < -0.39 is 0 Å². The maximum atomic E-state index is 6.42. The van der Waals surface area contributed by atoms with Crippen molar-refractivity contribution in [2.45, 2.75) is 64.0 Å². The summed E-state index contributed by atoms with van der Waals surface area (Å²) in [5.41, 5.74) is 1.48. The lowest BCUT2D eigenvalue weighted by atomic mass is 9.58. The van der Waals surface area contributed by atoms with Gasteiger partial charge >= 0.3 is 0 Å². The van der Waals surface area contributed by atoms with Crippen LogP contribution >= 0.6 is 11.6 Å². The highest BCUT2D eigenvalue weighted by Gasteiger charge is 2.55. The van der Waals surface area contributed by atoms with E-state index in [2.05, 4.69) is 19.3 Å². The summed E-state index contributed by atoms with van der Waals surface area (Å²) in [6, 6.07) is 6.56. The highest BCUT2D eigenvalue weighted by molar-refractivity contribution is 6.30. The first-order valence-electron chi connectivity index (χ1n) is 8.26. The van der Waals surface area contributed by atoms with Crippen LogP contribution in [-0.2, 0) is 0 Å². The summed E-state index contributed by atoms with van der Waals surface area (Å²) in [5, 5.41) is 4.31. The number of hydrogen-bond donors (Lipinski definition) is 1. The zero-order valence-corrected chi connectivity index (χ0v) is 13.9. The fraction of sp³-hybridized carbons (Fsp3) is 0.667. The Labute approximate surface area is 133 Å². The molecule has 0 heterocycles. The molecule has 1 spiro atoms. The number of benzene rings is 1. The Balaban J connectivity index is 1.78. The first-order chi connectivity index (χ1) is 10.2. The fourth-order valence-electron chi connectivity index (χ4n) is 4.27. The van der Waals surface area contributed by atoms with E-state index in [1.54, 1.807) is 0 Å². The number of halogens is 1. The van der Waals surface area contributed by atoms with Crippen molar-refractivity contribution in [2.24, 2.45) is 5.41 Å². The minimum absolute atomic E-state index is 0.345. The maximum absolute atomic E-state index is 6.42. The van der Waals surface area contributed by atoms with Crippen molar-refractivity contribution in [3.63, 3.8) is 0 Å². The molecule has 0 radical (unpaired) electrons. The highest BCUT2D eigenvalue weighted by atomic mass is 35.5. The Hall–Kier alpha value is -0.730. The predicted octanol–water partition coefficient (Wildman–Crippen LogP) is 4.73. The molecule has 2 fully saturated rings. The Morgan fingerprint density at radius 1 is 1.19 bits per heavy atom. The average Bonchev–Trinajstić information content (AvgIpc) is 2.72. The molecule has 2 unspecified atom stereocenters. The van der Waals surface area contributed by atoms with Gasteiger partial charge in [-0.25, -0.2) is 0 Å². The number of ether oxygens (including phenoxy) is 1. The van der Waals surface area contributed by atoms with Crippen LogP contribution in [0.2, 0.25) is 5.02 Å². The van der Waals surface area contributed by atoms with E-state index >= 15 is 0 Å². The average molecular weight is 308 g/mol. The van der Waals surface area contributed by atoms with Crippen LogP contribution in [0.4, 0.5) is 0 Å². The number of hydrogen-bond acceptors (Lipinski definition) is 2. The van der Waals surface area contributed by atoms with Gasteiger partial charge < -0.3 is 10.1 Å². The monoisotopic (exact) mass is 307 g/mol. The number of rotatable bonds is 3. The van der Waals surface area contributed by atoms with Crippen molar-refractivity contribution in [1.29, 1.82) is 0 Å². The second-order valence-electron chi connectivity index (χ2n) is 6.74. The van der Waals surface area contributed by atoms with Crippen molar-refractivity contribution < 1.29 is 4.74 Å². The van der Waals surface area contributed by atoms with Gasteiger partial charge in [0, 0.05) is 22.9 Å². The van der Waals surface area contributed by atoms with Crippen LogP contribution in [0.15, 0.2) is 18.2 Å². The van der Waals surface area contributed by atoms with E-state index in [0.29, 0.717) is 17.6 Å². The molecule has 3 heteroatoms. The van der Waals surface area contributed by atoms with Crippen LogP contribution in [-0.4, -0.2) is 19.2 Å². The Bertz CT molecular complexity index is 494. The smallest absolute Gasteiger partial charge is 0.122 e. The van der Waals surface area contributed by atoms with Gasteiger partial charge in [-0.2, -0.15) is 0 Å². The van der Waals surface area contributed by atoms with Gasteiger partial charge in [0.25, 0.3) is 0 Å². The first kappa shape index (κ1) is 15.2. The second kappa shape index (κ2) is 6.18. The normalized spacial score (nSPS) is 28.0. The molecular weight excluding hydrogens is 282 g/mol. The van der Waals surface area contributed by atoms with Gasteiger partial charge in [0.15, 0.2) is 0 Å². The van der Waals surface area contributed by atoms with Gasteiger partial charge in [0.05, 0.1) is 0 Å². The van der Waals surface area contributed by atoms with E-state index in [-0.39, 0.29) is 0 Å². The molecular formula is C18H26ClNO. The quantitative estimate of drug-likeness (QED) is 0.872. The van der Waals surface area contributed by atoms with Crippen LogP contribution in [0.1, 0.15) is 50.5 Å². The summed E-state index contributed by atoms with van der Waals surface area (Å²) in [5.74, 6) is 1.00. The predicted molar refractivity (Wildman–Crippen MR) is 88.2 cm³/mol. The summed E-state index contributed by atoms with van der Waals surface area (Å²) in [6.07, 6.45) is 9.53. The zero-order valence-electron chi connectivity index (χ0n) is 13.1. The van der Waals surface area contributed by atoms with Crippen LogP contribution in [0, 0.1) is 12.3 Å². The largest absolute Gasteiger partial charge is 0.489 e. The molecule has 0 amide bonds. The van der Waals surface area contributed by atoms with Crippen LogP contribution in [0.5, 0.6) is 5.75 Å². The lowest BCUT2D eigenvalue weighted by molar-refractivity contribution is -0.0884. The molecule has 1 aromatic carbocycles. The third-order valence-corrected chi connectivity index (χ3v) is 5.81. The van der Waals surface area contributed by atoms with Gasteiger partial charge in [0.2, 0.25) is 0 Å². The Kier molecular flexibility index (Phi) is 4.46. The van der Waals surface area contributed by atoms with Gasteiger partial charge in [-0.3, -0.25) is 0 Å². The van der Waals surface area contributed by atoms with Crippen molar-refractivity contribution in [3.05, 3.63) is 28.8 Å². The first-order valence-corrected chi connectivity index (χ1v) is 8.63. The van der Waals surface area contributed by atoms with Gasteiger partial charge in [0.1, 0.15) is 11.9 Å². The number of aryl methyl sites for hydroxylation is 1. The summed E-state index contributed by atoms with van der Waals surface area (Å²) in [6.45, 7) is 2.08. The third-order valence-electron chi connectivity index (χ3n) is 5.57. The summed E-state index contributed by atoms with van der Waals surface area (Å²) < 4.78 is 6.42. The SMILES string of the molecule is CNC1CC(Oc2ccc(Cl)cc2C)C12CCCCCC2. The Morgan fingerprint density at radius 3 is 2.52 bits per heavy atom. The fourth-order valence-corrected chi connectivity index (χ4v) is 4.50. The molecule has 2 aliphatic carbocycles. The lowest BCUT2D eigenvalue weighted by Gasteiger charge is -2.55. The zero-order chi connectivity index (χ0) is 14.9. The van der Waals surface area contributed by atoms with Crippen molar-refractivity contribution >= 4 is 11.6 Å². The molecule has 1 N–H and O–H groups in total. The topological polar surface area (TPSA) is 21.3 Å². The lowest BCUT2D eigenvalue weighted by Crippen LogP contribution is -2.64. The molecule has 2 atom stereocenters. The van der Waals surface area contributed by atoms with Crippen molar-refractivity contribution in [1.82, 2.24) is 5.32 Å². The minimum atomic E-state index is 0.345. The molecule has 116 valence electrons. The maximum Gasteiger partial charge on any atom is 0.122 e. The molecule has 0 bridgehead atoms. The summed E-state index contributed by atoms with van der Waals surface area (Å²) in [7, 11) is 2.10. The van der Waals surface area contributed by atoms with Crippen LogP contribution < -0.4 is 10.1 Å². The molecule has 3 rings (SSSR count). The van der Waals surface area contributed by atoms with Crippen molar-refractivity contribution in [2.75, 3.05) is 7.05 Å². The van der Waals surface area contributed by atoms with E-state index in [1.165, 1.54) is 38.5 Å². The minimum Gasteiger partial charge on any atom is -0.489 e. The second-order valence-corrected chi connectivity index (χ2v) is 7.18. The van der Waals surface area contributed by atoms with E-state index in [9.17, 15) is 0 Å². The standard InChI is InChI=1S/C18H26ClNO/c1-13-11-14(19)7-8-15(13)21-17-12-16(20-2)18(17)9-5-3-4-6-10-18/h7-8,11,16-17,20H,3-6,9-10,12H2,1-2H3. The highest BCUT2D eigenvalue weighted by Crippen LogP contribution is 2.52. The summed E-state index contributed by atoms with van der Waals surface area (Å²) in [4.78, 5) is 0.